The third kappa shape index (κ3) is 4.97. The number of benzene rings is 2. The first-order valence-corrected chi connectivity index (χ1v) is 8.64. The van der Waals surface area contributed by atoms with Crippen LogP contribution in [0.3, 0.4) is 0 Å². The Labute approximate surface area is 150 Å². The van der Waals surface area contributed by atoms with Crippen molar-refractivity contribution < 1.29 is 13.2 Å². The van der Waals surface area contributed by atoms with Gasteiger partial charge < -0.3 is 0 Å². The van der Waals surface area contributed by atoms with E-state index in [1.165, 1.54) is 12.1 Å². The predicted octanol–water partition coefficient (Wildman–Crippen LogP) is 4.68. The van der Waals surface area contributed by atoms with Gasteiger partial charge in [-0.1, -0.05) is 48.0 Å². The average Bonchev–Trinajstić information content (AvgIpc) is 2.58. The predicted molar refractivity (Wildman–Crippen MR) is 93.5 cm³/mol. The molecule has 0 bridgehead atoms. The second-order valence-corrected chi connectivity index (χ2v) is 6.75. The zero-order valence-electron chi connectivity index (χ0n) is 13.8. The van der Waals surface area contributed by atoms with Gasteiger partial charge >= 0.3 is 6.18 Å². The second-order valence-electron chi connectivity index (χ2n) is 6.34. The summed E-state index contributed by atoms with van der Waals surface area (Å²) < 4.78 is 38.4. The van der Waals surface area contributed by atoms with Crippen LogP contribution in [-0.2, 0) is 19.3 Å². The molecule has 6 heteroatoms. The van der Waals surface area contributed by atoms with Crippen LogP contribution in [0.2, 0.25) is 5.02 Å². The van der Waals surface area contributed by atoms with Crippen LogP contribution >= 0.6 is 11.6 Å². The average molecular weight is 369 g/mol. The Morgan fingerprint density at radius 1 is 0.840 bits per heavy atom. The number of rotatable bonds is 4. The molecule has 1 aliphatic rings. The first-order chi connectivity index (χ1) is 11.9. The molecule has 0 amide bonds. The first kappa shape index (κ1) is 18.2. The Morgan fingerprint density at radius 3 is 2.12 bits per heavy atom. The third-order valence-electron chi connectivity index (χ3n) is 4.48. The van der Waals surface area contributed by atoms with Crippen LogP contribution in [-0.4, -0.2) is 36.0 Å². The van der Waals surface area contributed by atoms with Crippen molar-refractivity contribution in [3.63, 3.8) is 0 Å². The van der Waals surface area contributed by atoms with E-state index in [0.29, 0.717) is 12.1 Å². The summed E-state index contributed by atoms with van der Waals surface area (Å²) in [5.41, 5.74) is 1.23. The van der Waals surface area contributed by atoms with Gasteiger partial charge in [-0.15, -0.1) is 0 Å². The number of hydrogen-bond donors (Lipinski definition) is 0. The standard InChI is InChI=1S/C19H20ClF3N2/c20-18-7-2-1-5-16(18)14-25-10-8-24(9-11-25)13-15-4-3-6-17(12-15)19(21,22)23/h1-7,12H,8-11,13-14H2. The summed E-state index contributed by atoms with van der Waals surface area (Å²) in [6, 6.07) is 13.4. The SMILES string of the molecule is FC(F)(F)c1cccc(CN2CCN(Cc3ccccc3Cl)CC2)c1. The van der Waals surface area contributed by atoms with Crippen molar-refractivity contribution in [1.29, 1.82) is 0 Å². The Morgan fingerprint density at radius 2 is 1.48 bits per heavy atom. The van der Waals surface area contributed by atoms with Crippen LogP contribution in [0, 0.1) is 0 Å². The second kappa shape index (κ2) is 7.77. The molecule has 0 unspecified atom stereocenters. The molecule has 0 saturated carbocycles. The molecule has 2 aromatic rings. The van der Waals surface area contributed by atoms with Crippen LogP contribution in [0.15, 0.2) is 48.5 Å². The van der Waals surface area contributed by atoms with Crippen LogP contribution in [0.4, 0.5) is 13.2 Å². The Hall–Kier alpha value is -1.56. The molecule has 0 radical (unpaired) electrons. The largest absolute Gasteiger partial charge is 0.416 e. The number of piperazine rings is 1. The van der Waals surface area contributed by atoms with Crippen LogP contribution in [0.1, 0.15) is 16.7 Å². The number of nitrogens with zero attached hydrogens (tertiary/aromatic N) is 2. The fourth-order valence-electron chi connectivity index (χ4n) is 3.08. The molecule has 134 valence electrons. The van der Waals surface area contributed by atoms with Crippen LogP contribution in [0.5, 0.6) is 0 Å². The maximum atomic E-state index is 12.8. The fourth-order valence-corrected chi connectivity index (χ4v) is 3.27. The summed E-state index contributed by atoms with van der Waals surface area (Å²) in [5, 5.41) is 0.772. The third-order valence-corrected chi connectivity index (χ3v) is 4.85. The Balaban J connectivity index is 1.54. The summed E-state index contributed by atoms with van der Waals surface area (Å²) in [6.07, 6.45) is -4.29. The molecule has 1 aliphatic heterocycles. The smallest absolute Gasteiger partial charge is 0.297 e. The summed E-state index contributed by atoms with van der Waals surface area (Å²) in [7, 11) is 0. The molecule has 1 saturated heterocycles. The van der Waals surface area contributed by atoms with E-state index in [0.717, 1.165) is 49.4 Å². The Bertz CT molecular complexity index is 710. The molecule has 0 aromatic heterocycles. The molecule has 2 nitrogen and oxygen atoms in total. The van der Waals surface area contributed by atoms with Gasteiger partial charge in [0.2, 0.25) is 0 Å². The van der Waals surface area contributed by atoms with E-state index < -0.39 is 11.7 Å². The van der Waals surface area contributed by atoms with Gasteiger partial charge in [-0.3, -0.25) is 9.80 Å². The van der Waals surface area contributed by atoms with Crippen LogP contribution in [0.25, 0.3) is 0 Å². The van der Waals surface area contributed by atoms with E-state index in [-0.39, 0.29) is 0 Å². The fraction of sp³-hybridized carbons (Fsp3) is 0.368. The summed E-state index contributed by atoms with van der Waals surface area (Å²) >= 11 is 6.20. The van der Waals surface area contributed by atoms with E-state index in [4.69, 9.17) is 11.6 Å². The summed E-state index contributed by atoms with van der Waals surface area (Å²) in [4.78, 5) is 4.52. The number of halogens is 4. The number of hydrogen-bond acceptors (Lipinski definition) is 2. The van der Waals surface area contributed by atoms with Crippen molar-refractivity contribution in [3.05, 3.63) is 70.2 Å². The maximum absolute atomic E-state index is 12.8. The molecule has 1 fully saturated rings. The summed E-state index contributed by atoms with van der Waals surface area (Å²) in [5.74, 6) is 0. The van der Waals surface area contributed by atoms with E-state index in [1.54, 1.807) is 6.07 Å². The van der Waals surface area contributed by atoms with Crippen LogP contribution < -0.4 is 0 Å². The molecule has 3 rings (SSSR count). The quantitative estimate of drug-likeness (QED) is 0.773. The molecule has 0 atom stereocenters. The molecule has 0 aliphatic carbocycles. The van der Waals surface area contributed by atoms with Gasteiger partial charge in [0.25, 0.3) is 0 Å². The van der Waals surface area contributed by atoms with E-state index >= 15 is 0 Å². The van der Waals surface area contributed by atoms with E-state index in [2.05, 4.69) is 9.80 Å². The maximum Gasteiger partial charge on any atom is 0.416 e. The highest BCUT2D eigenvalue weighted by atomic mass is 35.5. The molecule has 1 heterocycles. The minimum Gasteiger partial charge on any atom is -0.297 e. The number of alkyl halides is 3. The zero-order valence-corrected chi connectivity index (χ0v) is 14.5. The highest BCUT2D eigenvalue weighted by Crippen LogP contribution is 2.29. The lowest BCUT2D eigenvalue weighted by atomic mass is 10.1. The molecular formula is C19H20ClF3N2. The first-order valence-electron chi connectivity index (χ1n) is 8.26. The van der Waals surface area contributed by atoms with Gasteiger partial charge in [-0.05, 0) is 23.3 Å². The topological polar surface area (TPSA) is 6.48 Å². The van der Waals surface area contributed by atoms with E-state index in [1.807, 2.05) is 24.3 Å². The molecule has 0 N–H and O–H groups in total. The molecule has 25 heavy (non-hydrogen) atoms. The lowest BCUT2D eigenvalue weighted by Crippen LogP contribution is -2.45. The molecular weight excluding hydrogens is 349 g/mol. The zero-order chi connectivity index (χ0) is 17.9. The van der Waals surface area contributed by atoms with Crippen molar-refractivity contribution in [2.24, 2.45) is 0 Å². The van der Waals surface area contributed by atoms with Crippen molar-refractivity contribution in [2.45, 2.75) is 19.3 Å². The van der Waals surface area contributed by atoms with Crippen molar-refractivity contribution >= 4 is 11.6 Å². The van der Waals surface area contributed by atoms with Gasteiger partial charge in [-0.2, -0.15) is 13.2 Å². The lowest BCUT2D eigenvalue weighted by molar-refractivity contribution is -0.137. The lowest BCUT2D eigenvalue weighted by Gasteiger charge is -2.35. The molecule has 2 aromatic carbocycles. The minimum absolute atomic E-state index is 0.545. The van der Waals surface area contributed by atoms with Crippen molar-refractivity contribution in [2.75, 3.05) is 26.2 Å². The highest BCUT2D eigenvalue weighted by Gasteiger charge is 2.30. The van der Waals surface area contributed by atoms with Gasteiger partial charge in [0, 0.05) is 44.3 Å². The van der Waals surface area contributed by atoms with Gasteiger partial charge in [0.05, 0.1) is 5.56 Å². The van der Waals surface area contributed by atoms with Gasteiger partial charge in [0.15, 0.2) is 0 Å². The van der Waals surface area contributed by atoms with Gasteiger partial charge in [0.1, 0.15) is 0 Å². The van der Waals surface area contributed by atoms with Crippen molar-refractivity contribution in [3.8, 4) is 0 Å². The van der Waals surface area contributed by atoms with E-state index in [9.17, 15) is 13.2 Å². The Kier molecular flexibility index (Phi) is 5.67. The molecule has 0 spiro atoms. The minimum atomic E-state index is -4.29. The highest BCUT2D eigenvalue weighted by molar-refractivity contribution is 6.31. The summed E-state index contributed by atoms with van der Waals surface area (Å²) in [6.45, 7) is 4.77. The van der Waals surface area contributed by atoms with Crippen molar-refractivity contribution in [1.82, 2.24) is 9.80 Å². The monoisotopic (exact) mass is 368 g/mol. The normalized spacial score (nSPS) is 17.0. The van der Waals surface area contributed by atoms with Gasteiger partial charge in [-0.25, -0.2) is 0 Å².